The maximum Gasteiger partial charge on any atom is 0.254 e. The molecule has 1 unspecified atom stereocenters. The number of nitrogens with two attached hydrogens (primary N) is 1. The second-order valence-corrected chi connectivity index (χ2v) is 6.80. The van der Waals surface area contributed by atoms with Gasteiger partial charge in [0.2, 0.25) is 10.0 Å². The summed E-state index contributed by atoms with van der Waals surface area (Å²) in [6, 6.07) is 3.90. The normalized spacial score (nSPS) is 19.4. The maximum absolute atomic E-state index is 13.6. The molecule has 1 heterocycles. The molecule has 1 saturated heterocycles. The van der Waals surface area contributed by atoms with Crippen LogP contribution in [0.2, 0.25) is 0 Å². The molecule has 1 aliphatic heterocycles. The van der Waals surface area contributed by atoms with Gasteiger partial charge in [-0.05, 0) is 31.0 Å². The highest BCUT2D eigenvalue weighted by Crippen LogP contribution is 2.21. The summed E-state index contributed by atoms with van der Waals surface area (Å²) in [5.74, 6) is -0.999. The monoisotopic (exact) mass is 316 g/mol. The van der Waals surface area contributed by atoms with Crippen molar-refractivity contribution in [1.82, 2.24) is 4.90 Å². The molecule has 1 aliphatic rings. The molecule has 0 aromatic heterocycles. The van der Waals surface area contributed by atoms with E-state index in [0.717, 1.165) is 6.07 Å². The molecule has 8 heteroatoms. The van der Waals surface area contributed by atoms with Crippen LogP contribution in [0.3, 0.4) is 0 Å². The van der Waals surface area contributed by atoms with Crippen molar-refractivity contribution in [2.75, 3.05) is 20.2 Å². The van der Waals surface area contributed by atoms with Crippen molar-refractivity contribution in [1.29, 1.82) is 0 Å². The van der Waals surface area contributed by atoms with Gasteiger partial charge in [-0.2, -0.15) is 0 Å². The number of nitrogens with zero attached hydrogens (tertiary/aromatic N) is 1. The van der Waals surface area contributed by atoms with Crippen LogP contribution in [0.4, 0.5) is 4.39 Å². The fourth-order valence-electron chi connectivity index (χ4n) is 2.37. The van der Waals surface area contributed by atoms with E-state index in [1.165, 1.54) is 24.1 Å². The fraction of sp³-hybridized carbons (Fsp3) is 0.462. The molecule has 21 heavy (non-hydrogen) atoms. The lowest BCUT2D eigenvalue weighted by Gasteiger charge is -2.31. The van der Waals surface area contributed by atoms with Crippen LogP contribution in [0.15, 0.2) is 18.2 Å². The lowest BCUT2D eigenvalue weighted by Crippen LogP contribution is -2.47. The van der Waals surface area contributed by atoms with E-state index in [4.69, 9.17) is 9.88 Å². The minimum absolute atomic E-state index is 0.0331. The molecule has 1 atom stereocenters. The fourth-order valence-corrected chi connectivity index (χ4v) is 3.26. The molecule has 1 aromatic carbocycles. The van der Waals surface area contributed by atoms with E-state index in [1.54, 1.807) is 0 Å². The summed E-state index contributed by atoms with van der Waals surface area (Å²) in [7, 11) is -2.35. The third-order valence-electron chi connectivity index (χ3n) is 3.53. The number of benzene rings is 1. The summed E-state index contributed by atoms with van der Waals surface area (Å²) in [6.45, 7) is 0.462. The zero-order valence-corrected chi connectivity index (χ0v) is 12.4. The highest BCUT2D eigenvalue weighted by molar-refractivity contribution is 7.89. The predicted molar refractivity (Wildman–Crippen MR) is 75.0 cm³/mol. The Hall–Kier alpha value is -1.67. The average molecular weight is 316 g/mol. The molecule has 0 saturated carbocycles. The molecule has 116 valence electrons. The number of ether oxygens (including phenoxy) is 1. The molecule has 0 radical (unpaired) electrons. The summed E-state index contributed by atoms with van der Waals surface area (Å²) < 4.78 is 41.2. The number of hydrogen-bond acceptors (Lipinski definition) is 4. The van der Waals surface area contributed by atoms with Crippen LogP contribution in [0.5, 0.6) is 5.75 Å². The number of carbonyl (C=O) groups is 1. The molecule has 1 aromatic rings. The van der Waals surface area contributed by atoms with E-state index in [1.807, 2.05) is 0 Å². The average Bonchev–Trinajstić information content (AvgIpc) is 2.45. The Balaban J connectivity index is 2.18. The van der Waals surface area contributed by atoms with Gasteiger partial charge in [0.1, 0.15) is 0 Å². The third kappa shape index (κ3) is 3.51. The first-order valence-corrected chi connectivity index (χ1v) is 8.08. The van der Waals surface area contributed by atoms with Gasteiger partial charge in [-0.1, -0.05) is 0 Å². The van der Waals surface area contributed by atoms with Crippen LogP contribution >= 0.6 is 0 Å². The number of hydrogen-bond donors (Lipinski definition) is 1. The number of amides is 1. The summed E-state index contributed by atoms with van der Waals surface area (Å²) in [4.78, 5) is 13.7. The Kier molecular flexibility index (Phi) is 4.48. The van der Waals surface area contributed by atoms with Crippen molar-refractivity contribution in [2.45, 2.75) is 18.1 Å². The Bertz CT molecular complexity index is 648. The second-order valence-electron chi connectivity index (χ2n) is 4.95. The molecule has 1 amide bonds. The van der Waals surface area contributed by atoms with E-state index in [-0.39, 0.29) is 17.9 Å². The van der Waals surface area contributed by atoms with Gasteiger partial charge in [0.05, 0.1) is 12.4 Å². The van der Waals surface area contributed by atoms with Crippen molar-refractivity contribution in [3.8, 4) is 5.75 Å². The number of likely N-dealkylation sites (tertiary alicyclic amines) is 1. The summed E-state index contributed by atoms with van der Waals surface area (Å²) in [5.41, 5.74) is 0.156. The molecular formula is C13H17FN2O4S. The maximum atomic E-state index is 13.6. The van der Waals surface area contributed by atoms with Crippen molar-refractivity contribution >= 4 is 15.9 Å². The topological polar surface area (TPSA) is 89.7 Å². The number of methoxy groups -OCH3 is 1. The van der Waals surface area contributed by atoms with Gasteiger partial charge < -0.3 is 9.64 Å². The van der Waals surface area contributed by atoms with E-state index in [9.17, 15) is 17.6 Å². The molecule has 0 bridgehead atoms. The largest absolute Gasteiger partial charge is 0.494 e. The first-order valence-electron chi connectivity index (χ1n) is 6.47. The highest BCUT2D eigenvalue weighted by Gasteiger charge is 2.31. The van der Waals surface area contributed by atoms with E-state index < -0.39 is 27.0 Å². The van der Waals surface area contributed by atoms with Gasteiger partial charge in [0, 0.05) is 18.7 Å². The van der Waals surface area contributed by atoms with Crippen LogP contribution in [-0.4, -0.2) is 44.7 Å². The Morgan fingerprint density at radius 1 is 1.48 bits per heavy atom. The standard InChI is InChI=1S/C13H17FN2O4S/c1-20-12-5-4-9(7-11(12)14)13(17)16-6-2-3-10(8-16)21(15,18)19/h4-5,7,10H,2-3,6,8H2,1H3,(H2,15,18,19). The quantitative estimate of drug-likeness (QED) is 0.890. The first kappa shape index (κ1) is 15.7. The van der Waals surface area contributed by atoms with E-state index in [0.29, 0.717) is 19.4 Å². The summed E-state index contributed by atoms with van der Waals surface area (Å²) in [6.07, 6.45) is 0.977. The van der Waals surface area contributed by atoms with Crippen LogP contribution < -0.4 is 9.88 Å². The summed E-state index contributed by atoms with van der Waals surface area (Å²) >= 11 is 0. The SMILES string of the molecule is COc1ccc(C(=O)N2CCCC(S(N)(=O)=O)C2)cc1F. The lowest BCUT2D eigenvalue weighted by atomic mass is 10.1. The minimum Gasteiger partial charge on any atom is -0.494 e. The van der Waals surface area contributed by atoms with Crippen molar-refractivity contribution in [2.24, 2.45) is 5.14 Å². The van der Waals surface area contributed by atoms with Crippen LogP contribution in [0.1, 0.15) is 23.2 Å². The number of primary sulfonamides is 1. The number of carbonyl (C=O) groups excluding carboxylic acids is 1. The zero-order chi connectivity index (χ0) is 15.6. The van der Waals surface area contributed by atoms with Crippen molar-refractivity contribution in [3.63, 3.8) is 0 Å². The molecule has 2 rings (SSSR count). The summed E-state index contributed by atoms with van der Waals surface area (Å²) in [5, 5.41) is 4.37. The number of halogens is 1. The molecule has 6 nitrogen and oxygen atoms in total. The third-order valence-corrected chi connectivity index (χ3v) is 4.84. The molecule has 0 spiro atoms. The van der Waals surface area contributed by atoms with Gasteiger partial charge in [-0.3, -0.25) is 4.79 Å². The molecule has 2 N–H and O–H groups in total. The van der Waals surface area contributed by atoms with E-state index in [2.05, 4.69) is 0 Å². The van der Waals surface area contributed by atoms with Gasteiger partial charge in [0.15, 0.2) is 11.6 Å². The second kappa shape index (κ2) is 5.98. The van der Waals surface area contributed by atoms with E-state index >= 15 is 0 Å². The minimum atomic E-state index is -3.68. The first-order chi connectivity index (χ1) is 9.82. The van der Waals surface area contributed by atoms with Gasteiger partial charge in [0.25, 0.3) is 5.91 Å². The lowest BCUT2D eigenvalue weighted by molar-refractivity contribution is 0.0726. The molecular weight excluding hydrogens is 299 g/mol. The number of piperidine rings is 1. The van der Waals surface area contributed by atoms with Crippen LogP contribution in [0, 0.1) is 5.82 Å². The Morgan fingerprint density at radius 2 is 2.19 bits per heavy atom. The smallest absolute Gasteiger partial charge is 0.254 e. The highest BCUT2D eigenvalue weighted by atomic mass is 32.2. The van der Waals surface area contributed by atoms with Gasteiger partial charge in [-0.25, -0.2) is 17.9 Å². The molecule has 0 aliphatic carbocycles. The van der Waals surface area contributed by atoms with Gasteiger partial charge in [-0.15, -0.1) is 0 Å². The van der Waals surface area contributed by atoms with Gasteiger partial charge >= 0.3 is 0 Å². The Morgan fingerprint density at radius 3 is 2.76 bits per heavy atom. The predicted octanol–water partition coefficient (Wildman–Crippen LogP) is 0.727. The van der Waals surface area contributed by atoms with Crippen LogP contribution in [-0.2, 0) is 10.0 Å². The van der Waals surface area contributed by atoms with Crippen LogP contribution in [0.25, 0.3) is 0 Å². The zero-order valence-electron chi connectivity index (χ0n) is 11.6. The number of sulfonamides is 1. The Labute approximate surface area is 122 Å². The molecule has 1 fully saturated rings. The van der Waals surface area contributed by atoms with Crippen molar-refractivity contribution < 1.29 is 22.3 Å². The van der Waals surface area contributed by atoms with Crippen molar-refractivity contribution in [3.05, 3.63) is 29.6 Å². The number of rotatable bonds is 3.